The molecule has 0 unspecified atom stereocenters. The zero-order valence-electron chi connectivity index (χ0n) is 6.80. The Morgan fingerprint density at radius 2 is 1.31 bits per heavy atom. The fourth-order valence-corrected chi connectivity index (χ4v) is 0.370. The van der Waals surface area contributed by atoms with Crippen LogP contribution in [0, 0.1) is 22.7 Å². The monoisotopic (exact) mass is 317 g/mol. The molecular formula is C6H8Cl3N3Zr-. The molecule has 7 heteroatoms. The van der Waals surface area contributed by atoms with E-state index >= 15 is 0 Å². The van der Waals surface area contributed by atoms with Crippen LogP contribution in [0.15, 0.2) is 0 Å². The van der Waals surface area contributed by atoms with E-state index < -0.39 is 18.2 Å². The first-order valence-corrected chi connectivity index (χ1v) is 12.8. The molecule has 0 radical (unpaired) electrons. The Hall–Kier alpha value is 0.693. The zero-order valence-corrected chi connectivity index (χ0v) is 11.5. The number of nitrogens with zero attached hydrogens (tertiary/aromatic N) is 3. The van der Waals surface area contributed by atoms with E-state index in [2.05, 4.69) is 5.32 Å². The quantitative estimate of drug-likeness (QED) is 0.747. The molecule has 0 fully saturated rings. The fraction of sp³-hybridized carbons (Fsp3) is 0.667. The molecule has 0 bridgehead atoms. The van der Waals surface area contributed by atoms with Gasteiger partial charge >= 0.3 is 43.7 Å². The summed E-state index contributed by atoms with van der Waals surface area (Å²) in [6.45, 7) is 1.14. The Bertz CT molecular complexity index is 156. The van der Waals surface area contributed by atoms with Crippen LogP contribution in [0.4, 0.5) is 0 Å². The molecule has 0 aliphatic heterocycles. The van der Waals surface area contributed by atoms with Crippen molar-refractivity contribution in [3.05, 3.63) is 5.32 Å². The summed E-state index contributed by atoms with van der Waals surface area (Å²) >= 11 is -2.13. The molecule has 0 rings (SSSR count). The molecule has 0 aliphatic carbocycles. The maximum atomic E-state index is 8.05. The second-order valence-corrected chi connectivity index (χ2v) is 12.9. The van der Waals surface area contributed by atoms with Gasteiger partial charge in [0.1, 0.15) is 0 Å². The predicted octanol–water partition coefficient (Wildman–Crippen LogP) is 3.25. The van der Waals surface area contributed by atoms with Crippen LogP contribution in [0.1, 0.15) is 12.8 Å². The van der Waals surface area contributed by atoms with Gasteiger partial charge in [-0.15, -0.1) is 13.1 Å². The van der Waals surface area contributed by atoms with Gasteiger partial charge in [0.2, 0.25) is 0 Å². The molecule has 73 valence electrons. The minimum absolute atomic E-state index is 0.464. The van der Waals surface area contributed by atoms with Crippen LogP contribution in [-0.2, 0) is 18.2 Å². The number of hydrogen-bond acceptors (Lipinski definition) is 2. The van der Waals surface area contributed by atoms with E-state index in [1.165, 1.54) is 0 Å². The third kappa shape index (κ3) is 32.4. The Balaban J connectivity index is 0. The van der Waals surface area contributed by atoms with Crippen molar-refractivity contribution in [3.63, 3.8) is 0 Å². The van der Waals surface area contributed by atoms with Crippen LogP contribution in [0.5, 0.6) is 0 Å². The average Bonchev–Trinajstić information content (AvgIpc) is 2.03. The van der Waals surface area contributed by atoms with Crippen molar-refractivity contribution in [2.24, 2.45) is 0 Å². The molecular weight excluding hydrogens is 312 g/mol. The van der Waals surface area contributed by atoms with Gasteiger partial charge < -0.3 is 5.32 Å². The molecule has 13 heavy (non-hydrogen) atoms. The Labute approximate surface area is 96.9 Å². The van der Waals surface area contributed by atoms with Crippen molar-refractivity contribution in [1.82, 2.24) is 0 Å². The summed E-state index contributed by atoms with van der Waals surface area (Å²) in [4.78, 5) is 0. The van der Waals surface area contributed by atoms with Crippen molar-refractivity contribution in [1.29, 1.82) is 10.5 Å². The summed E-state index contributed by atoms with van der Waals surface area (Å²) in [5.74, 6) is 0. The van der Waals surface area contributed by atoms with Gasteiger partial charge in [0.05, 0.1) is 12.1 Å². The van der Waals surface area contributed by atoms with Crippen molar-refractivity contribution in [2.75, 3.05) is 13.1 Å². The molecule has 0 saturated carbocycles. The Kier molecular flexibility index (Phi) is 18.8. The molecule has 0 amide bonds. The maximum absolute atomic E-state index is 8.05. The molecule has 3 nitrogen and oxygen atoms in total. The molecule has 0 aliphatic rings. The number of halogens is 3. The average molecular weight is 320 g/mol. The van der Waals surface area contributed by atoms with Gasteiger partial charge in [-0.25, -0.2) is 0 Å². The third-order valence-corrected chi connectivity index (χ3v) is 0.763. The molecule has 0 spiro atoms. The summed E-state index contributed by atoms with van der Waals surface area (Å²) in [7, 11) is 15.0. The fourth-order valence-electron chi connectivity index (χ4n) is 0.370. The summed E-state index contributed by atoms with van der Waals surface area (Å²) < 4.78 is 0. The first-order chi connectivity index (χ1) is 6.15. The minimum atomic E-state index is -2.13. The molecule has 0 aromatic heterocycles. The van der Waals surface area contributed by atoms with E-state index in [-0.39, 0.29) is 0 Å². The van der Waals surface area contributed by atoms with Gasteiger partial charge in [0.25, 0.3) is 0 Å². The topological polar surface area (TPSA) is 61.7 Å². The van der Waals surface area contributed by atoms with Gasteiger partial charge in [0, 0.05) is 12.8 Å². The summed E-state index contributed by atoms with van der Waals surface area (Å²) in [6, 6.07) is 3.94. The second kappa shape index (κ2) is 15.2. The van der Waals surface area contributed by atoms with Crippen molar-refractivity contribution in [3.8, 4) is 12.1 Å². The van der Waals surface area contributed by atoms with Crippen LogP contribution in [0.3, 0.4) is 0 Å². The van der Waals surface area contributed by atoms with Crippen LogP contribution in [-0.4, -0.2) is 13.1 Å². The second-order valence-electron chi connectivity index (χ2n) is 1.70. The SMILES string of the molecule is N#CCC[N-]CCC#N.[Cl][Zr]([Cl])[Cl]. The van der Waals surface area contributed by atoms with E-state index in [1.807, 2.05) is 12.1 Å². The van der Waals surface area contributed by atoms with Crippen molar-refractivity contribution >= 4 is 25.5 Å². The molecule has 0 N–H and O–H groups in total. The number of hydrogen-bond donors (Lipinski definition) is 0. The Morgan fingerprint density at radius 1 is 1.00 bits per heavy atom. The first-order valence-electron chi connectivity index (χ1n) is 3.35. The van der Waals surface area contributed by atoms with Crippen molar-refractivity contribution in [2.45, 2.75) is 12.8 Å². The summed E-state index contributed by atoms with van der Waals surface area (Å²) in [5.41, 5.74) is 0. The van der Waals surface area contributed by atoms with E-state index in [9.17, 15) is 0 Å². The van der Waals surface area contributed by atoms with Gasteiger partial charge in [-0.1, -0.05) is 0 Å². The van der Waals surface area contributed by atoms with Crippen LogP contribution < -0.4 is 0 Å². The van der Waals surface area contributed by atoms with Gasteiger partial charge in [0.15, 0.2) is 0 Å². The standard InChI is InChI=1S/C6H8N3.3ClH.Zr/c7-3-1-5-9-6-2-4-8;;;;/h1-2,5-6H2;3*1H;/q-1;;;;+3/p-3. The molecule has 0 atom stereocenters. The van der Waals surface area contributed by atoms with Crippen LogP contribution >= 0.6 is 25.5 Å². The van der Waals surface area contributed by atoms with Gasteiger partial charge in [-0.05, 0) is 0 Å². The van der Waals surface area contributed by atoms with E-state index in [4.69, 9.17) is 36.1 Å². The first kappa shape index (κ1) is 16.1. The van der Waals surface area contributed by atoms with Gasteiger partial charge in [-0.2, -0.15) is 10.5 Å². The van der Waals surface area contributed by atoms with E-state index in [0.717, 1.165) is 0 Å². The Morgan fingerprint density at radius 3 is 1.54 bits per heavy atom. The van der Waals surface area contributed by atoms with Crippen LogP contribution in [0.25, 0.3) is 5.32 Å². The predicted molar refractivity (Wildman–Crippen MR) is 51.1 cm³/mol. The number of rotatable bonds is 4. The third-order valence-electron chi connectivity index (χ3n) is 0.763. The molecule has 0 aromatic carbocycles. The molecule has 0 saturated heterocycles. The molecule has 0 heterocycles. The number of nitriles is 2. The van der Waals surface area contributed by atoms with Crippen molar-refractivity contribution < 1.29 is 18.2 Å². The summed E-state index contributed by atoms with van der Waals surface area (Å²) in [5, 5.41) is 20.0. The molecule has 0 aromatic rings. The van der Waals surface area contributed by atoms with Crippen LogP contribution in [0.2, 0.25) is 0 Å². The van der Waals surface area contributed by atoms with E-state index in [0.29, 0.717) is 25.9 Å². The summed E-state index contributed by atoms with van der Waals surface area (Å²) in [6.07, 6.45) is 0.927. The van der Waals surface area contributed by atoms with Gasteiger partial charge in [-0.3, -0.25) is 0 Å². The normalized spacial score (nSPS) is 7.46. The van der Waals surface area contributed by atoms with E-state index in [1.54, 1.807) is 0 Å². The zero-order chi connectivity index (χ0) is 10.5.